The van der Waals surface area contributed by atoms with Crippen molar-refractivity contribution < 1.29 is 0 Å². The highest BCUT2D eigenvalue weighted by Gasteiger charge is 2.25. The molecule has 65 heavy (non-hydrogen) atoms. The summed E-state index contributed by atoms with van der Waals surface area (Å²) in [5.74, 6) is 0.814. The minimum absolute atomic E-state index is 0.814. The topological polar surface area (TPSA) is 22.8 Å². The Bertz CT molecular complexity index is 3220. The number of aromatic nitrogens is 3. The summed E-state index contributed by atoms with van der Waals surface area (Å²) in [7, 11) is 0. The van der Waals surface area contributed by atoms with Crippen LogP contribution in [0.5, 0.6) is 0 Å². The lowest BCUT2D eigenvalue weighted by Gasteiger charge is -2.18. The van der Waals surface area contributed by atoms with E-state index >= 15 is 0 Å². The van der Waals surface area contributed by atoms with Gasteiger partial charge in [0.2, 0.25) is 0 Å². The highest BCUT2D eigenvalue weighted by molar-refractivity contribution is 6.21. The Labute approximate surface area is 386 Å². The monoisotopic (exact) mass is 847 g/mol. The molecule has 0 fully saturated rings. The maximum atomic E-state index is 5.69. The molecule has 324 valence electrons. The van der Waals surface area contributed by atoms with Crippen LogP contribution in [0.4, 0.5) is 0 Å². The molecule has 0 aliphatic rings. The fourth-order valence-electron chi connectivity index (χ4n) is 8.97. The van der Waals surface area contributed by atoms with Crippen LogP contribution in [0.3, 0.4) is 0 Å². The van der Waals surface area contributed by atoms with Crippen LogP contribution in [-0.4, -0.2) is 14.1 Å². The SMILES string of the molecule is C=C(/C=C\C(=C/C)n1c(CC)c(C)c(C)c1CC)c1nc2c(-c3ccc4ccccc4c3)c3ccccc3c(-c3ccc4ccccc4c3)c2n1-c1ccccc1.C=CC=C.C=CCC. The standard InChI is InChI=1S/C54H47N3.C4H8.C4H6/c1-7-44(56-48(8-2)36(5)37(6)49(56)9-3)32-27-35(4)54-55-52-50(42-30-28-38-19-13-15-21-40(38)33-42)46-25-17-18-26-47(46)51(53(52)57(54)45-23-11-10-12-24-45)43-31-29-39-20-14-16-22-41(39)34-43;2*1-3-4-2/h7,10-34H,4,8-9H2,1-3,5-6H3;3H,1,4H2,2H3;3-4H,1-2H2/b32-27-,44-7+;;. The highest BCUT2D eigenvalue weighted by Crippen LogP contribution is 2.46. The van der Waals surface area contributed by atoms with E-state index in [4.69, 9.17) is 11.6 Å². The van der Waals surface area contributed by atoms with Crippen molar-refractivity contribution in [3.8, 4) is 27.9 Å². The molecule has 9 aromatic rings. The molecule has 0 aliphatic heterocycles. The van der Waals surface area contributed by atoms with E-state index < -0.39 is 0 Å². The van der Waals surface area contributed by atoms with Gasteiger partial charge < -0.3 is 4.57 Å². The maximum absolute atomic E-state index is 5.69. The van der Waals surface area contributed by atoms with E-state index in [0.717, 1.165) is 75.3 Å². The lowest BCUT2D eigenvalue weighted by atomic mass is 9.89. The molecule has 0 saturated heterocycles. The summed E-state index contributed by atoms with van der Waals surface area (Å²) in [6.07, 6.45) is 14.8. The van der Waals surface area contributed by atoms with Gasteiger partial charge in [0.1, 0.15) is 5.82 Å². The average molecular weight is 848 g/mol. The predicted molar refractivity (Wildman–Crippen MR) is 286 cm³/mol. The van der Waals surface area contributed by atoms with E-state index in [1.54, 1.807) is 12.2 Å². The van der Waals surface area contributed by atoms with Crippen LogP contribution in [0, 0.1) is 13.8 Å². The zero-order chi connectivity index (χ0) is 46.0. The first-order valence-electron chi connectivity index (χ1n) is 22.8. The number of benzene rings is 7. The Hall–Kier alpha value is -7.49. The van der Waals surface area contributed by atoms with Gasteiger partial charge in [-0.05, 0) is 131 Å². The molecule has 3 nitrogen and oxygen atoms in total. The smallest absolute Gasteiger partial charge is 0.145 e. The summed E-state index contributed by atoms with van der Waals surface area (Å²) in [4.78, 5) is 5.69. The van der Waals surface area contributed by atoms with E-state index in [1.807, 2.05) is 6.08 Å². The molecule has 2 heterocycles. The molecule has 0 radical (unpaired) electrons. The first kappa shape index (κ1) is 45.5. The molecule has 3 heteroatoms. The third kappa shape index (κ3) is 9.01. The van der Waals surface area contributed by atoms with E-state index in [9.17, 15) is 0 Å². The first-order valence-corrected chi connectivity index (χ1v) is 22.8. The van der Waals surface area contributed by atoms with Crippen molar-refractivity contribution in [2.24, 2.45) is 0 Å². The second-order valence-corrected chi connectivity index (χ2v) is 16.1. The van der Waals surface area contributed by atoms with Gasteiger partial charge in [0.15, 0.2) is 0 Å². The van der Waals surface area contributed by atoms with Crippen molar-refractivity contribution in [1.29, 1.82) is 0 Å². The third-order valence-electron chi connectivity index (χ3n) is 12.3. The summed E-state index contributed by atoms with van der Waals surface area (Å²) >= 11 is 0. The van der Waals surface area contributed by atoms with Crippen LogP contribution < -0.4 is 0 Å². The Morgan fingerprint density at radius 1 is 0.585 bits per heavy atom. The number of para-hydroxylation sites is 1. The molecular formula is C62H61N3. The summed E-state index contributed by atoms with van der Waals surface area (Å²) in [5, 5.41) is 7.19. The second-order valence-electron chi connectivity index (χ2n) is 16.1. The second kappa shape index (κ2) is 20.8. The Morgan fingerprint density at radius 3 is 1.55 bits per heavy atom. The number of hydrogen-bond donors (Lipinski definition) is 0. The van der Waals surface area contributed by atoms with Crippen LogP contribution in [0.1, 0.15) is 62.5 Å². The van der Waals surface area contributed by atoms with Gasteiger partial charge >= 0.3 is 0 Å². The summed E-state index contributed by atoms with van der Waals surface area (Å²) in [5.41, 5.74) is 15.1. The van der Waals surface area contributed by atoms with Gasteiger partial charge in [0.25, 0.3) is 0 Å². The van der Waals surface area contributed by atoms with Gasteiger partial charge in [-0.2, -0.15) is 0 Å². The Kier molecular flexibility index (Phi) is 14.6. The van der Waals surface area contributed by atoms with Crippen LogP contribution >= 0.6 is 0 Å². The fraction of sp³-hybridized carbons (Fsp3) is 0.145. The van der Waals surface area contributed by atoms with E-state index in [0.29, 0.717) is 0 Å². The van der Waals surface area contributed by atoms with E-state index in [1.165, 1.54) is 54.8 Å². The number of fused-ring (bicyclic) bond motifs is 4. The molecule has 0 aliphatic carbocycles. The van der Waals surface area contributed by atoms with Crippen molar-refractivity contribution in [2.75, 3.05) is 0 Å². The molecular weight excluding hydrogens is 787 g/mol. The number of nitrogens with zero attached hydrogens (tertiary/aromatic N) is 3. The zero-order valence-electron chi connectivity index (χ0n) is 39.0. The Balaban J connectivity index is 0.000000730. The van der Waals surface area contributed by atoms with Crippen molar-refractivity contribution in [3.05, 3.63) is 231 Å². The average Bonchev–Trinajstić information content (AvgIpc) is 3.87. The molecule has 0 spiro atoms. The molecule has 2 aromatic heterocycles. The minimum atomic E-state index is 0.814. The van der Waals surface area contributed by atoms with Gasteiger partial charge in [0, 0.05) is 39.5 Å². The van der Waals surface area contributed by atoms with Gasteiger partial charge in [-0.25, -0.2) is 4.98 Å². The lowest BCUT2D eigenvalue weighted by Crippen LogP contribution is -2.05. The molecule has 0 amide bonds. The normalized spacial score (nSPS) is 11.4. The highest BCUT2D eigenvalue weighted by atomic mass is 15.1. The quantitative estimate of drug-likeness (QED) is 0.0939. The van der Waals surface area contributed by atoms with Crippen LogP contribution in [0.15, 0.2) is 202 Å². The minimum Gasteiger partial charge on any atom is -0.318 e. The molecule has 0 bridgehead atoms. The van der Waals surface area contributed by atoms with Crippen molar-refractivity contribution in [3.63, 3.8) is 0 Å². The number of hydrogen-bond acceptors (Lipinski definition) is 1. The number of rotatable bonds is 11. The number of allylic oxidation sites excluding steroid dienone is 8. The maximum Gasteiger partial charge on any atom is 0.145 e. The molecule has 0 unspecified atom stereocenters. The molecule has 9 rings (SSSR count). The van der Waals surface area contributed by atoms with Crippen LogP contribution in [0.25, 0.3) is 82.6 Å². The summed E-state index contributed by atoms with van der Waals surface area (Å²) in [6, 6.07) is 50.4. The van der Waals surface area contributed by atoms with Gasteiger partial charge in [-0.15, -0.1) is 6.58 Å². The largest absolute Gasteiger partial charge is 0.318 e. The van der Waals surface area contributed by atoms with Crippen molar-refractivity contribution in [1.82, 2.24) is 14.1 Å². The third-order valence-corrected chi connectivity index (χ3v) is 12.3. The van der Waals surface area contributed by atoms with Crippen LogP contribution in [0.2, 0.25) is 0 Å². The zero-order valence-corrected chi connectivity index (χ0v) is 39.0. The van der Waals surface area contributed by atoms with Gasteiger partial charge in [-0.1, -0.05) is 180 Å². The van der Waals surface area contributed by atoms with Crippen LogP contribution in [-0.2, 0) is 12.8 Å². The molecule has 0 N–H and O–H groups in total. The lowest BCUT2D eigenvalue weighted by molar-refractivity contribution is 0.880. The molecule has 0 saturated carbocycles. The van der Waals surface area contributed by atoms with E-state index in [-0.39, 0.29) is 0 Å². The van der Waals surface area contributed by atoms with E-state index in [2.05, 4.69) is 228 Å². The Morgan fingerprint density at radius 2 is 1.06 bits per heavy atom. The first-order chi connectivity index (χ1) is 31.7. The summed E-state index contributed by atoms with van der Waals surface area (Å²) < 4.78 is 4.80. The number of imidazole rings is 1. The molecule has 7 aromatic carbocycles. The fourth-order valence-corrected chi connectivity index (χ4v) is 8.97. The predicted octanol–water partition coefficient (Wildman–Crippen LogP) is 17.4. The van der Waals surface area contributed by atoms with Gasteiger partial charge in [0.05, 0.1) is 11.0 Å². The van der Waals surface area contributed by atoms with Gasteiger partial charge in [-0.3, -0.25) is 4.57 Å². The van der Waals surface area contributed by atoms with Crippen molar-refractivity contribution in [2.45, 2.75) is 60.8 Å². The molecule has 0 atom stereocenters. The summed E-state index contributed by atoms with van der Waals surface area (Å²) in [6.45, 7) is 28.2. The van der Waals surface area contributed by atoms with Crippen molar-refractivity contribution >= 4 is 54.6 Å².